The van der Waals surface area contributed by atoms with Crippen molar-refractivity contribution in [1.29, 1.82) is 0 Å². The van der Waals surface area contributed by atoms with Gasteiger partial charge in [-0.1, -0.05) is 17.7 Å². The van der Waals surface area contributed by atoms with E-state index in [1.54, 1.807) is 29.6 Å². The van der Waals surface area contributed by atoms with E-state index in [0.717, 1.165) is 11.3 Å². The molecule has 1 radical (unpaired) electrons. The second-order valence-corrected chi connectivity index (χ2v) is 6.25. The summed E-state index contributed by atoms with van der Waals surface area (Å²) in [6.45, 7) is 0. The minimum atomic E-state index is -3.49. The Morgan fingerprint density at radius 1 is 1.31 bits per heavy atom. The van der Waals surface area contributed by atoms with E-state index in [4.69, 9.17) is 11.6 Å². The van der Waals surface area contributed by atoms with Crippen molar-refractivity contribution >= 4 is 38.6 Å². The lowest BCUT2D eigenvalue weighted by Gasteiger charge is -2.05. The maximum absolute atomic E-state index is 11.8. The zero-order chi connectivity index (χ0) is 11.6. The van der Waals surface area contributed by atoms with Gasteiger partial charge in [-0.2, -0.15) is 0 Å². The van der Waals surface area contributed by atoms with Crippen molar-refractivity contribution in [2.75, 3.05) is 4.72 Å². The topological polar surface area (TPSA) is 46.2 Å². The van der Waals surface area contributed by atoms with Crippen LogP contribution in [0.1, 0.15) is 0 Å². The van der Waals surface area contributed by atoms with E-state index in [0.29, 0.717) is 10.7 Å². The Labute approximate surface area is 103 Å². The summed E-state index contributed by atoms with van der Waals surface area (Å²) >= 11 is 6.84. The molecule has 0 fully saturated rings. The van der Waals surface area contributed by atoms with Gasteiger partial charge in [-0.3, -0.25) is 4.72 Å². The van der Waals surface area contributed by atoms with Gasteiger partial charge >= 0.3 is 0 Å². The third kappa shape index (κ3) is 2.55. The van der Waals surface area contributed by atoms with Crippen LogP contribution in [0.25, 0.3) is 0 Å². The van der Waals surface area contributed by atoms with Gasteiger partial charge in [0, 0.05) is 11.1 Å². The first kappa shape index (κ1) is 11.4. The molecule has 3 nitrogen and oxygen atoms in total. The SMILES string of the molecule is O=S(=O)(Nc1[c]cc(Cl)cc1)c1cccs1. The summed E-state index contributed by atoms with van der Waals surface area (Å²) in [5, 5.41) is 2.22. The molecule has 0 saturated heterocycles. The first-order chi connectivity index (χ1) is 7.58. The number of nitrogens with one attached hydrogen (secondary N) is 1. The highest BCUT2D eigenvalue weighted by Gasteiger charge is 2.14. The van der Waals surface area contributed by atoms with Crippen LogP contribution in [-0.2, 0) is 10.0 Å². The molecule has 0 amide bonds. The summed E-state index contributed by atoms with van der Waals surface area (Å²) in [5.74, 6) is 0. The zero-order valence-corrected chi connectivity index (χ0v) is 10.4. The molecule has 0 saturated carbocycles. The van der Waals surface area contributed by atoms with Gasteiger partial charge in [-0.05, 0) is 29.6 Å². The van der Waals surface area contributed by atoms with Gasteiger partial charge in [-0.25, -0.2) is 8.42 Å². The lowest BCUT2D eigenvalue weighted by molar-refractivity contribution is 0.603. The maximum Gasteiger partial charge on any atom is 0.271 e. The van der Waals surface area contributed by atoms with Crippen LogP contribution in [-0.4, -0.2) is 8.42 Å². The van der Waals surface area contributed by atoms with Crippen molar-refractivity contribution in [3.8, 4) is 0 Å². The van der Waals surface area contributed by atoms with Gasteiger partial charge < -0.3 is 0 Å². The number of anilines is 1. The standard InChI is InChI=1S/C10H7ClNO2S2/c11-8-3-5-9(6-4-8)12-16(13,14)10-2-1-7-15-10/h1-5,7,12H. The van der Waals surface area contributed by atoms with Crippen molar-refractivity contribution in [1.82, 2.24) is 0 Å². The van der Waals surface area contributed by atoms with E-state index in [9.17, 15) is 8.42 Å². The van der Waals surface area contributed by atoms with Crippen molar-refractivity contribution in [3.05, 3.63) is 46.8 Å². The van der Waals surface area contributed by atoms with E-state index in [1.165, 1.54) is 6.07 Å². The lowest BCUT2D eigenvalue weighted by atomic mass is 10.3. The van der Waals surface area contributed by atoms with Crippen LogP contribution in [0.2, 0.25) is 5.02 Å². The highest BCUT2D eigenvalue weighted by atomic mass is 35.5. The minimum Gasteiger partial charge on any atom is -0.278 e. The lowest BCUT2D eigenvalue weighted by Crippen LogP contribution is -2.11. The van der Waals surface area contributed by atoms with Crippen molar-refractivity contribution in [2.24, 2.45) is 0 Å². The minimum absolute atomic E-state index is 0.274. The highest BCUT2D eigenvalue weighted by molar-refractivity contribution is 7.94. The van der Waals surface area contributed by atoms with E-state index in [-0.39, 0.29) is 4.21 Å². The summed E-state index contributed by atoms with van der Waals surface area (Å²) in [5.41, 5.74) is 0.373. The fourth-order valence-corrected chi connectivity index (χ4v) is 3.22. The molecule has 0 bridgehead atoms. The van der Waals surface area contributed by atoms with Gasteiger partial charge in [0.2, 0.25) is 0 Å². The molecule has 83 valence electrons. The molecule has 2 rings (SSSR count). The highest BCUT2D eigenvalue weighted by Crippen LogP contribution is 2.20. The van der Waals surface area contributed by atoms with Gasteiger partial charge in [-0.15, -0.1) is 11.3 Å². The first-order valence-electron chi connectivity index (χ1n) is 4.31. The van der Waals surface area contributed by atoms with E-state index in [2.05, 4.69) is 10.8 Å². The van der Waals surface area contributed by atoms with E-state index in [1.807, 2.05) is 0 Å². The summed E-state index contributed by atoms with van der Waals surface area (Å²) in [7, 11) is -3.49. The average Bonchev–Trinajstić information content (AvgIpc) is 2.75. The normalized spacial score (nSPS) is 11.3. The summed E-state index contributed by atoms with van der Waals surface area (Å²) in [4.78, 5) is 0. The van der Waals surface area contributed by atoms with Gasteiger partial charge in [0.15, 0.2) is 0 Å². The van der Waals surface area contributed by atoms with Crippen LogP contribution in [0.15, 0.2) is 39.9 Å². The molecule has 1 N–H and O–H groups in total. The fourth-order valence-electron chi connectivity index (χ4n) is 1.08. The molecular weight excluding hydrogens is 266 g/mol. The second-order valence-electron chi connectivity index (χ2n) is 2.96. The quantitative estimate of drug-likeness (QED) is 0.934. The van der Waals surface area contributed by atoms with Crippen LogP contribution in [0.4, 0.5) is 5.69 Å². The molecule has 0 aliphatic heterocycles. The number of halogens is 1. The largest absolute Gasteiger partial charge is 0.278 e. The number of thiophene rings is 1. The molecule has 16 heavy (non-hydrogen) atoms. The average molecular weight is 273 g/mol. The summed E-state index contributed by atoms with van der Waals surface area (Å²) < 4.78 is 26.3. The van der Waals surface area contributed by atoms with Crippen LogP contribution in [0.3, 0.4) is 0 Å². The number of benzene rings is 1. The molecule has 2 aromatic rings. The van der Waals surface area contributed by atoms with Gasteiger partial charge in [0.1, 0.15) is 4.21 Å². The van der Waals surface area contributed by atoms with Crippen molar-refractivity contribution < 1.29 is 8.42 Å². The molecule has 1 aromatic heterocycles. The summed E-state index contributed by atoms with van der Waals surface area (Å²) in [6, 6.07) is 10.6. The predicted molar refractivity (Wildman–Crippen MR) is 65.4 cm³/mol. The third-order valence-corrected chi connectivity index (χ3v) is 4.78. The molecule has 0 spiro atoms. The number of sulfonamides is 1. The second kappa shape index (κ2) is 4.45. The first-order valence-corrected chi connectivity index (χ1v) is 7.05. The zero-order valence-electron chi connectivity index (χ0n) is 7.98. The monoisotopic (exact) mass is 272 g/mol. The van der Waals surface area contributed by atoms with Gasteiger partial charge in [0.05, 0.1) is 5.69 Å². The van der Waals surface area contributed by atoms with Gasteiger partial charge in [0.25, 0.3) is 10.0 Å². The fraction of sp³-hybridized carbons (Fsp3) is 0. The van der Waals surface area contributed by atoms with E-state index < -0.39 is 10.0 Å². The Hall–Kier alpha value is -1.04. The molecule has 0 aliphatic rings. The predicted octanol–water partition coefficient (Wildman–Crippen LogP) is 3.00. The number of hydrogen-bond acceptors (Lipinski definition) is 3. The molecular formula is C10H7ClNO2S2. The Bertz CT molecular complexity index is 561. The number of hydrogen-bond donors (Lipinski definition) is 1. The third-order valence-electron chi connectivity index (χ3n) is 1.78. The Kier molecular flexibility index (Phi) is 3.18. The van der Waals surface area contributed by atoms with Crippen molar-refractivity contribution in [3.63, 3.8) is 0 Å². The molecule has 1 heterocycles. The van der Waals surface area contributed by atoms with Crippen molar-refractivity contribution in [2.45, 2.75) is 4.21 Å². The molecule has 0 atom stereocenters. The molecule has 1 aromatic carbocycles. The van der Waals surface area contributed by atoms with Crippen LogP contribution in [0, 0.1) is 6.07 Å². The van der Waals surface area contributed by atoms with Crippen LogP contribution < -0.4 is 4.72 Å². The van der Waals surface area contributed by atoms with Crippen LogP contribution in [0.5, 0.6) is 0 Å². The van der Waals surface area contributed by atoms with E-state index >= 15 is 0 Å². The van der Waals surface area contributed by atoms with Crippen LogP contribution >= 0.6 is 22.9 Å². The maximum atomic E-state index is 11.8. The Morgan fingerprint density at radius 3 is 2.69 bits per heavy atom. The smallest absolute Gasteiger partial charge is 0.271 e. The molecule has 0 unspecified atom stereocenters. The number of rotatable bonds is 3. The Morgan fingerprint density at radius 2 is 2.12 bits per heavy atom. The summed E-state index contributed by atoms with van der Waals surface area (Å²) in [6.07, 6.45) is 0. The Balaban J connectivity index is 2.25. The molecule has 6 heteroatoms. The molecule has 0 aliphatic carbocycles.